The van der Waals surface area contributed by atoms with E-state index in [0.717, 1.165) is 6.92 Å². The smallest absolute Gasteiger partial charge is 0.406 e. The number of ether oxygens (including phenoxy) is 1. The van der Waals surface area contributed by atoms with Gasteiger partial charge in [0.25, 0.3) is 0 Å². The van der Waals surface area contributed by atoms with Crippen LogP contribution in [0.5, 0.6) is 5.75 Å². The van der Waals surface area contributed by atoms with Crippen molar-refractivity contribution < 1.29 is 35.9 Å². The van der Waals surface area contributed by atoms with Crippen LogP contribution in [0.1, 0.15) is 22.8 Å². The summed E-state index contributed by atoms with van der Waals surface area (Å²) in [4.78, 5) is 10.9. The molecule has 2 nitrogen and oxygen atoms in total. The average molecular weight is 272 g/mol. The Hall–Kier alpha value is -1.73. The van der Waals surface area contributed by atoms with Gasteiger partial charge < -0.3 is 4.74 Å². The van der Waals surface area contributed by atoms with Gasteiger partial charge in [-0.05, 0) is 25.1 Å². The van der Waals surface area contributed by atoms with E-state index in [1.165, 1.54) is 0 Å². The molecule has 0 heterocycles. The molecular formula is C10H6F6O2. The zero-order valence-electron chi connectivity index (χ0n) is 8.82. The fourth-order valence-corrected chi connectivity index (χ4v) is 1.16. The molecule has 18 heavy (non-hydrogen) atoms. The lowest BCUT2D eigenvalue weighted by Crippen LogP contribution is -2.18. The van der Waals surface area contributed by atoms with Crippen molar-refractivity contribution in [1.82, 2.24) is 0 Å². The van der Waals surface area contributed by atoms with Crippen LogP contribution in [0, 0.1) is 0 Å². The Morgan fingerprint density at radius 3 is 2.00 bits per heavy atom. The van der Waals surface area contributed by atoms with E-state index >= 15 is 0 Å². The molecule has 0 bridgehead atoms. The first-order valence-corrected chi connectivity index (χ1v) is 4.48. The van der Waals surface area contributed by atoms with E-state index in [1.54, 1.807) is 0 Å². The fraction of sp³-hybridized carbons (Fsp3) is 0.300. The standard InChI is InChI=1S/C10H6F6O2/c1-5(17)6-2-7(9(11,12)13)4-8(3-6)18-10(14,15)16/h2-4H,1H3. The molecule has 0 aromatic heterocycles. The van der Waals surface area contributed by atoms with Crippen molar-refractivity contribution in [1.29, 1.82) is 0 Å². The van der Waals surface area contributed by atoms with E-state index in [4.69, 9.17) is 0 Å². The predicted octanol–water partition coefficient (Wildman–Crippen LogP) is 3.81. The van der Waals surface area contributed by atoms with Crippen LogP contribution in [0.3, 0.4) is 0 Å². The van der Waals surface area contributed by atoms with Gasteiger partial charge in [0.2, 0.25) is 0 Å². The van der Waals surface area contributed by atoms with Crippen LogP contribution in [-0.2, 0) is 6.18 Å². The van der Waals surface area contributed by atoms with Crippen LogP contribution in [0.2, 0.25) is 0 Å². The number of carbonyl (C=O) groups is 1. The Morgan fingerprint density at radius 2 is 1.61 bits per heavy atom. The molecule has 0 unspecified atom stereocenters. The van der Waals surface area contributed by atoms with Crippen LogP contribution < -0.4 is 4.74 Å². The third-order valence-corrected chi connectivity index (χ3v) is 1.87. The Morgan fingerprint density at radius 1 is 1.06 bits per heavy atom. The van der Waals surface area contributed by atoms with E-state index < -0.39 is 35.2 Å². The summed E-state index contributed by atoms with van der Waals surface area (Å²) >= 11 is 0. The number of halogens is 6. The zero-order valence-corrected chi connectivity index (χ0v) is 8.82. The van der Waals surface area contributed by atoms with Crippen molar-refractivity contribution in [2.45, 2.75) is 19.5 Å². The van der Waals surface area contributed by atoms with Gasteiger partial charge in [-0.25, -0.2) is 0 Å². The number of hydrogen-bond donors (Lipinski definition) is 0. The molecule has 1 aromatic carbocycles. The molecule has 1 aromatic rings. The lowest BCUT2D eigenvalue weighted by Gasteiger charge is -2.13. The summed E-state index contributed by atoms with van der Waals surface area (Å²) in [6.45, 7) is 0.937. The number of rotatable bonds is 2. The lowest BCUT2D eigenvalue weighted by atomic mass is 10.1. The molecule has 0 amide bonds. The van der Waals surface area contributed by atoms with Gasteiger partial charge in [-0.3, -0.25) is 4.79 Å². The minimum Gasteiger partial charge on any atom is -0.406 e. The van der Waals surface area contributed by atoms with Gasteiger partial charge in [-0.2, -0.15) is 13.2 Å². The third-order valence-electron chi connectivity index (χ3n) is 1.87. The SMILES string of the molecule is CC(=O)c1cc(OC(F)(F)F)cc(C(F)(F)F)c1. The quantitative estimate of drug-likeness (QED) is 0.604. The summed E-state index contributed by atoms with van der Waals surface area (Å²) in [7, 11) is 0. The molecule has 1 rings (SSSR count). The molecule has 8 heteroatoms. The minimum atomic E-state index is -5.13. The van der Waals surface area contributed by atoms with Crippen molar-refractivity contribution in [3.63, 3.8) is 0 Å². The maximum atomic E-state index is 12.4. The highest BCUT2D eigenvalue weighted by Gasteiger charge is 2.35. The molecule has 100 valence electrons. The maximum absolute atomic E-state index is 12.4. The third kappa shape index (κ3) is 3.94. The molecule has 0 N–H and O–H groups in total. The predicted molar refractivity (Wildman–Crippen MR) is 48.1 cm³/mol. The van der Waals surface area contributed by atoms with Gasteiger partial charge in [0.05, 0.1) is 5.56 Å². The number of Topliss-reactive ketones (excluding diaryl/α,β-unsaturated/α-hetero) is 1. The van der Waals surface area contributed by atoms with Crippen LogP contribution >= 0.6 is 0 Å². The number of carbonyl (C=O) groups excluding carboxylic acids is 1. The lowest BCUT2D eigenvalue weighted by molar-refractivity contribution is -0.274. The number of alkyl halides is 6. The van der Waals surface area contributed by atoms with Crippen LogP contribution in [0.15, 0.2) is 18.2 Å². The summed E-state index contributed by atoms with van der Waals surface area (Å²) in [5.74, 6) is -1.88. The second-order valence-corrected chi connectivity index (χ2v) is 3.35. The normalized spacial score (nSPS) is 12.4. The highest BCUT2D eigenvalue weighted by Crippen LogP contribution is 2.34. The zero-order chi connectivity index (χ0) is 14.1. The molecule has 0 saturated carbocycles. The molecule has 0 spiro atoms. The first-order chi connectivity index (χ1) is 7.99. The van der Waals surface area contributed by atoms with E-state index in [-0.39, 0.29) is 6.07 Å². The molecule has 0 atom stereocenters. The molecular weight excluding hydrogens is 266 g/mol. The second-order valence-electron chi connectivity index (χ2n) is 3.35. The summed E-state index contributed by atoms with van der Waals surface area (Å²) in [6.07, 6.45) is -9.99. The van der Waals surface area contributed by atoms with Crippen molar-refractivity contribution >= 4 is 5.78 Å². The van der Waals surface area contributed by atoms with E-state index in [9.17, 15) is 31.1 Å². The van der Waals surface area contributed by atoms with Gasteiger partial charge >= 0.3 is 12.5 Å². The van der Waals surface area contributed by atoms with Gasteiger partial charge in [-0.1, -0.05) is 0 Å². The van der Waals surface area contributed by atoms with Crippen LogP contribution in [0.4, 0.5) is 26.3 Å². The van der Waals surface area contributed by atoms with Crippen molar-refractivity contribution in [3.8, 4) is 5.75 Å². The van der Waals surface area contributed by atoms with Crippen molar-refractivity contribution in [2.75, 3.05) is 0 Å². The van der Waals surface area contributed by atoms with Crippen molar-refractivity contribution in [2.24, 2.45) is 0 Å². The molecule has 0 aliphatic heterocycles. The summed E-state index contributed by atoms with van der Waals surface area (Å²) in [5.41, 5.74) is -1.89. The second kappa shape index (κ2) is 4.51. The molecule has 0 saturated heterocycles. The highest BCUT2D eigenvalue weighted by molar-refractivity contribution is 5.94. The van der Waals surface area contributed by atoms with Crippen LogP contribution in [0.25, 0.3) is 0 Å². The topological polar surface area (TPSA) is 26.3 Å². The van der Waals surface area contributed by atoms with Gasteiger partial charge in [0, 0.05) is 5.56 Å². The average Bonchev–Trinajstić information content (AvgIpc) is 2.12. The summed E-state index contributed by atoms with van der Waals surface area (Å²) in [6, 6.07) is 1.25. The molecule has 0 aliphatic carbocycles. The monoisotopic (exact) mass is 272 g/mol. The van der Waals surface area contributed by atoms with Gasteiger partial charge in [0.1, 0.15) is 5.75 Å². The number of ketones is 1. The number of benzene rings is 1. The molecule has 0 fully saturated rings. The summed E-state index contributed by atoms with van der Waals surface area (Å²) in [5, 5.41) is 0. The van der Waals surface area contributed by atoms with E-state index in [1.807, 2.05) is 0 Å². The Bertz CT molecular complexity index is 460. The first kappa shape index (κ1) is 14.3. The Balaban J connectivity index is 3.27. The van der Waals surface area contributed by atoms with E-state index in [0.29, 0.717) is 12.1 Å². The molecule has 0 radical (unpaired) electrons. The van der Waals surface area contributed by atoms with Gasteiger partial charge in [-0.15, -0.1) is 13.2 Å². The van der Waals surface area contributed by atoms with E-state index in [2.05, 4.69) is 4.74 Å². The summed E-state index contributed by atoms with van der Waals surface area (Å²) < 4.78 is 76.3. The Kier molecular flexibility index (Phi) is 3.59. The van der Waals surface area contributed by atoms with Gasteiger partial charge in [0.15, 0.2) is 5.78 Å². The number of hydrogen-bond acceptors (Lipinski definition) is 2. The Labute approximate surface area is 97.2 Å². The maximum Gasteiger partial charge on any atom is 0.573 e. The molecule has 0 aliphatic rings. The van der Waals surface area contributed by atoms with Crippen molar-refractivity contribution in [3.05, 3.63) is 29.3 Å². The minimum absolute atomic E-state index is 0.180. The largest absolute Gasteiger partial charge is 0.573 e. The fourth-order valence-electron chi connectivity index (χ4n) is 1.16. The first-order valence-electron chi connectivity index (χ1n) is 4.48. The van der Waals surface area contributed by atoms with Crippen LogP contribution in [-0.4, -0.2) is 12.1 Å². The highest BCUT2D eigenvalue weighted by atomic mass is 19.4.